The van der Waals surface area contributed by atoms with Gasteiger partial charge in [-0.25, -0.2) is 8.42 Å². The maximum Gasteiger partial charge on any atom is 0.248 e. The smallest absolute Gasteiger partial charge is 0.248 e. The maximum atomic E-state index is 13.5. The molecule has 0 N–H and O–H groups in total. The van der Waals surface area contributed by atoms with Crippen LogP contribution >= 0.6 is 0 Å². The number of hydrogen-bond acceptors (Lipinski definition) is 6. The molecule has 0 aliphatic carbocycles. The van der Waals surface area contributed by atoms with E-state index in [1.165, 1.54) is 17.7 Å². The molecule has 2 atom stereocenters. The topological polar surface area (TPSA) is 96.5 Å². The first-order chi connectivity index (χ1) is 12.8. The van der Waals surface area contributed by atoms with Gasteiger partial charge in [0.25, 0.3) is 0 Å². The Bertz CT molecular complexity index is 678. The SMILES string of the molecule is COCC(=O)N1CC[C@@H]2N(S(C)(=O)=O)CC[C@@]2(C(=O)N2CCOCC2)CC1. The Morgan fingerprint density at radius 2 is 1.74 bits per heavy atom. The van der Waals surface area contributed by atoms with Gasteiger partial charge in [-0.1, -0.05) is 0 Å². The van der Waals surface area contributed by atoms with Gasteiger partial charge in [0.05, 0.1) is 24.9 Å². The van der Waals surface area contributed by atoms with Crippen molar-refractivity contribution in [3.63, 3.8) is 0 Å². The van der Waals surface area contributed by atoms with Crippen molar-refractivity contribution in [3.8, 4) is 0 Å². The van der Waals surface area contributed by atoms with Crippen LogP contribution in [0.5, 0.6) is 0 Å². The van der Waals surface area contributed by atoms with E-state index in [-0.39, 0.29) is 18.4 Å². The summed E-state index contributed by atoms with van der Waals surface area (Å²) in [6.07, 6.45) is 2.61. The lowest BCUT2D eigenvalue weighted by Crippen LogP contribution is -2.54. The third-order valence-corrected chi connectivity index (χ3v) is 7.32. The predicted molar refractivity (Wildman–Crippen MR) is 97.5 cm³/mol. The van der Waals surface area contributed by atoms with E-state index >= 15 is 0 Å². The second-order valence-electron chi connectivity index (χ2n) is 7.55. The van der Waals surface area contributed by atoms with Crippen LogP contribution in [0.25, 0.3) is 0 Å². The van der Waals surface area contributed by atoms with E-state index in [4.69, 9.17) is 9.47 Å². The second kappa shape index (κ2) is 8.02. The summed E-state index contributed by atoms with van der Waals surface area (Å²) >= 11 is 0. The molecule has 0 radical (unpaired) electrons. The van der Waals surface area contributed by atoms with Crippen molar-refractivity contribution in [1.82, 2.24) is 14.1 Å². The number of hydrogen-bond donors (Lipinski definition) is 0. The molecule has 9 nitrogen and oxygen atoms in total. The number of carbonyl (C=O) groups is 2. The fourth-order valence-corrected chi connectivity index (χ4v) is 5.84. The quantitative estimate of drug-likeness (QED) is 0.606. The normalized spacial score (nSPS) is 30.1. The number of fused-ring (bicyclic) bond motifs is 1. The first kappa shape index (κ1) is 20.5. The Morgan fingerprint density at radius 1 is 1.07 bits per heavy atom. The van der Waals surface area contributed by atoms with Gasteiger partial charge in [0.1, 0.15) is 6.61 Å². The molecule has 3 aliphatic heterocycles. The summed E-state index contributed by atoms with van der Waals surface area (Å²) in [4.78, 5) is 29.3. The number of carbonyl (C=O) groups excluding carboxylic acids is 2. The molecule has 2 amide bonds. The van der Waals surface area contributed by atoms with Crippen LogP contribution in [-0.4, -0.2) is 106 Å². The van der Waals surface area contributed by atoms with Crippen molar-refractivity contribution in [3.05, 3.63) is 0 Å². The van der Waals surface area contributed by atoms with E-state index < -0.39 is 21.5 Å². The van der Waals surface area contributed by atoms with Crippen LogP contribution in [-0.2, 0) is 29.1 Å². The van der Waals surface area contributed by atoms with Crippen LogP contribution in [0.15, 0.2) is 0 Å². The minimum atomic E-state index is -3.43. The first-order valence-electron chi connectivity index (χ1n) is 9.40. The Labute approximate surface area is 160 Å². The first-order valence-corrected chi connectivity index (χ1v) is 11.2. The average Bonchev–Trinajstić information content (AvgIpc) is 2.92. The van der Waals surface area contributed by atoms with Crippen LogP contribution in [0.1, 0.15) is 19.3 Å². The highest BCUT2D eigenvalue weighted by atomic mass is 32.2. The van der Waals surface area contributed by atoms with E-state index in [1.807, 2.05) is 0 Å². The van der Waals surface area contributed by atoms with Crippen molar-refractivity contribution in [2.45, 2.75) is 25.3 Å². The predicted octanol–water partition coefficient (Wildman–Crippen LogP) is -0.866. The zero-order chi connectivity index (χ0) is 19.7. The molecule has 0 spiro atoms. The van der Waals surface area contributed by atoms with Gasteiger partial charge in [0.2, 0.25) is 21.8 Å². The summed E-state index contributed by atoms with van der Waals surface area (Å²) in [5.74, 6) is -0.125. The van der Waals surface area contributed by atoms with Gasteiger partial charge < -0.3 is 19.3 Å². The summed E-state index contributed by atoms with van der Waals surface area (Å²) in [6.45, 7) is 3.26. The highest BCUT2D eigenvalue weighted by Gasteiger charge is 2.57. The summed E-state index contributed by atoms with van der Waals surface area (Å²) in [7, 11) is -1.96. The molecule has 3 saturated heterocycles. The van der Waals surface area contributed by atoms with Crippen LogP contribution in [0.3, 0.4) is 0 Å². The Balaban J connectivity index is 1.89. The average molecular weight is 404 g/mol. The minimum absolute atomic E-state index is 0.00277. The third kappa shape index (κ3) is 3.98. The van der Waals surface area contributed by atoms with Gasteiger partial charge >= 0.3 is 0 Å². The Morgan fingerprint density at radius 3 is 2.37 bits per heavy atom. The standard InChI is InChI=1S/C17H29N3O6S/c1-25-13-15(21)18-6-3-14-17(4-7-18,5-8-20(14)27(2,23)24)16(22)19-9-11-26-12-10-19/h14H,3-13H2,1-2H3/t14-,17-/m0/s1. The van der Waals surface area contributed by atoms with E-state index in [9.17, 15) is 18.0 Å². The largest absolute Gasteiger partial charge is 0.378 e. The highest BCUT2D eigenvalue weighted by molar-refractivity contribution is 7.88. The van der Waals surface area contributed by atoms with E-state index in [2.05, 4.69) is 0 Å². The Hall–Kier alpha value is -1.23. The Kier molecular flexibility index (Phi) is 6.09. The highest BCUT2D eigenvalue weighted by Crippen LogP contribution is 2.46. The number of rotatable bonds is 4. The summed E-state index contributed by atoms with van der Waals surface area (Å²) in [6, 6.07) is -0.414. The zero-order valence-corrected chi connectivity index (χ0v) is 16.9. The molecule has 0 unspecified atom stereocenters. The van der Waals surface area contributed by atoms with Crippen LogP contribution in [0.2, 0.25) is 0 Å². The molecule has 10 heteroatoms. The molecule has 154 valence electrons. The summed E-state index contributed by atoms with van der Waals surface area (Å²) in [5.41, 5.74) is -0.775. The second-order valence-corrected chi connectivity index (χ2v) is 9.49. The minimum Gasteiger partial charge on any atom is -0.378 e. The van der Waals surface area contributed by atoms with Crippen LogP contribution in [0, 0.1) is 5.41 Å². The molecule has 0 bridgehead atoms. The molecule has 27 heavy (non-hydrogen) atoms. The van der Waals surface area contributed by atoms with Crippen LogP contribution < -0.4 is 0 Å². The van der Waals surface area contributed by atoms with Crippen LogP contribution in [0.4, 0.5) is 0 Å². The van der Waals surface area contributed by atoms with Gasteiger partial charge in [-0.05, 0) is 19.3 Å². The zero-order valence-electron chi connectivity index (χ0n) is 16.1. The fourth-order valence-electron chi connectivity index (χ4n) is 4.64. The number of likely N-dealkylation sites (tertiary alicyclic amines) is 1. The number of morpholine rings is 1. The molecule has 0 aromatic carbocycles. The molecule has 3 heterocycles. The van der Waals surface area contributed by atoms with Crippen molar-refractivity contribution < 1.29 is 27.5 Å². The number of ether oxygens (including phenoxy) is 2. The van der Waals surface area contributed by atoms with Crippen molar-refractivity contribution in [2.24, 2.45) is 5.41 Å². The fraction of sp³-hybridized carbons (Fsp3) is 0.882. The van der Waals surface area contributed by atoms with Gasteiger partial charge in [0, 0.05) is 45.9 Å². The van der Waals surface area contributed by atoms with E-state index in [1.54, 1.807) is 9.80 Å². The molecule has 0 saturated carbocycles. The molecule has 0 aromatic heterocycles. The van der Waals surface area contributed by atoms with E-state index in [0.717, 1.165) is 0 Å². The lowest BCUT2D eigenvalue weighted by atomic mass is 9.75. The molecular formula is C17H29N3O6S. The van der Waals surface area contributed by atoms with Gasteiger partial charge in [-0.2, -0.15) is 4.31 Å². The van der Waals surface area contributed by atoms with Crippen molar-refractivity contribution >= 4 is 21.8 Å². The molecular weight excluding hydrogens is 374 g/mol. The summed E-state index contributed by atoms with van der Waals surface area (Å²) in [5, 5.41) is 0. The van der Waals surface area contributed by atoms with Crippen molar-refractivity contribution in [1.29, 1.82) is 0 Å². The van der Waals surface area contributed by atoms with Gasteiger partial charge in [-0.3, -0.25) is 9.59 Å². The molecule has 0 aromatic rings. The number of methoxy groups -OCH3 is 1. The maximum absolute atomic E-state index is 13.5. The van der Waals surface area contributed by atoms with E-state index in [0.29, 0.717) is 65.2 Å². The van der Waals surface area contributed by atoms with Gasteiger partial charge in [-0.15, -0.1) is 0 Å². The number of sulfonamides is 1. The third-order valence-electron chi connectivity index (χ3n) is 6.03. The lowest BCUT2D eigenvalue weighted by Gasteiger charge is -2.39. The number of amides is 2. The van der Waals surface area contributed by atoms with Gasteiger partial charge in [0.15, 0.2) is 0 Å². The number of nitrogens with zero attached hydrogens (tertiary/aromatic N) is 3. The monoisotopic (exact) mass is 403 g/mol. The molecule has 3 fully saturated rings. The van der Waals surface area contributed by atoms with Crippen molar-refractivity contribution in [2.75, 3.05) is 65.9 Å². The summed E-state index contributed by atoms with van der Waals surface area (Å²) < 4.78 is 36.5. The lowest BCUT2D eigenvalue weighted by molar-refractivity contribution is -0.148. The molecule has 3 rings (SSSR count). The molecule has 3 aliphatic rings.